The molecule has 0 radical (unpaired) electrons. The van der Waals surface area contributed by atoms with Gasteiger partial charge in [-0.1, -0.05) is 12.8 Å². The summed E-state index contributed by atoms with van der Waals surface area (Å²) in [5, 5.41) is 29.7. The van der Waals surface area contributed by atoms with Crippen LogP contribution in [0.1, 0.15) is 45.4 Å². The Balaban J connectivity index is 1.94. The summed E-state index contributed by atoms with van der Waals surface area (Å²) in [6.45, 7) is 1.63. The predicted molar refractivity (Wildman–Crippen MR) is 80.4 cm³/mol. The van der Waals surface area contributed by atoms with Gasteiger partial charge in [-0.25, -0.2) is 0 Å². The highest BCUT2D eigenvalue weighted by atomic mass is 16.7. The van der Waals surface area contributed by atoms with E-state index in [1.165, 1.54) is 7.11 Å². The summed E-state index contributed by atoms with van der Waals surface area (Å²) in [5.74, 6) is -0.0478. The van der Waals surface area contributed by atoms with Crippen LogP contribution < -0.4 is 0 Å². The van der Waals surface area contributed by atoms with Crippen LogP contribution in [0.2, 0.25) is 0 Å². The Hall–Kier alpha value is -0.730. The minimum absolute atomic E-state index is 0.136. The molecule has 7 atom stereocenters. The lowest BCUT2D eigenvalue weighted by molar-refractivity contribution is -0.309. The zero-order valence-corrected chi connectivity index (χ0v) is 13.8. The summed E-state index contributed by atoms with van der Waals surface area (Å²) in [6.07, 6.45) is -0.549. The van der Waals surface area contributed by atoms with E-state index in [0.29, 0.717) is 12.8 Å². The standard InChI is InChI=1S/C16H28O7/c1-9-13(18)14(19)15(20)16(22-9)23-11-6-4-3-5-10(11)7-8-12(17)21-2/h9-11,13-16,18-20H,3-8H2,1-2H3/t9-,10+,11+,13+,14+,15-,16-/m0/s1. The van der Waals surface area contributed by atoms with E-state index in [2.05, 4.69) is 4.74 Å². The number of aliphatic hydroxyl groups excluding tert-OH is 3. The summed E-state index contributed by atoms with van der Waals surface area (Å²) in [4.78, 5) is 11.3. The molecule has 1 saturated heterocycles. The van der Waals surface area contributed by atoms with E-state index in [9.17, 15) is 20.1 Å². The van der Waals surface area contributed by atoms with Crippen molar-refractivity contribution in [2.24, 2.45) is 5.92 Å². The van der Waals surface area contributed by atoms with Gasteiger partial charge in [0.2, 0.25) is 0 Å². The number of carbonyl (C=O) groups excluding carboxylic acids is 1. The number of methoxy groups -OCH3 is 1. The quantitative estimate of drug-likeness (QED) is 0.624. The van der Waals surface area contributed by atoms with Gasteiger partial charge < -0.3 is 29.5 Å². The second-order valence-electron chi connectivity index (χ2n) is 6.52. The van der Waals surface area contributed by atoms with Gasteiger partial charge in [0, 0.05) is 6.42 Å². The third-order valence-corrected chi connectivity index (χ3v) is 4.90. The van der Waals surface area contributed by atoms with Gasteiger partial charge in [0.25, 0.3) is 0 Å². The first-order chi connectivity index (χ1) is 10.9. The Morgan fingerprint density at radius 1 is 1.13 bits per heavy atom. The second-order valence-corrected chi connectivity index (χ2v) is 6.52. The summed E-state index contributed by atoms with van der Waals surface area (Å²) >= 11 is 0. The lowest BCUT2D eigenvalue weighted by Gasteiger charge is -2.42. The van der Waals surface area contributed by atoms with Crippen molar-refractivity contribution in [3.63, 3.8) is 0 Å². The largest absolute Gasteiger partial charge is 0.469 e. The number of hydrogen-bond acceptors (Lipinski definition) is 7. The molecule has 0 aromatic heterocycles. The third kappa shape index (κ3) is 4.64. The average molecular weight is 332 g/mol. The molecular weight excluding hydrogens is 304 g/mol. The fourth-order valence-corrected chi connectivity index (χ4v) is 3.39. The van der Waals surface area contributed by atoms with Gasteiger partial charge in [0.15, 0.2) is 6.29 Å². The van der Waals surface area contributed by atoms with Crippen molar-refractivity contribution in [3.05, 3.63) is 0 Å². The molecule has 2 aliphatic rings. The van der Waals surface area contributed by atoms with Crippen LogP contribution >= 0.6 is 0 Å². The smallest absolute Gasteiger partial charge is 0.305 e. The number of hydrogen-bond donors (Lipinski definition) is 3. The SMILES string of the molecule is COC(=O)CC[C@H]1CCCC[C@H]1O[C@@H]1O[C@@H](C)[C@@H](O)[C@@H](O)[C@@H]1O. The van der Waals surface area contributed by atoms with Crippen molar-refractivity contribution in [2.45, 2.75) is 82.3 Å². The molecule has 0 unspecified atom stereocenters. The third-order valence-electron chi connectivity index (χ3n) is 4.90. The van der Waals surface area contributed by atoms with Gasteiger partial charge >= 0.3 is 5.97 Å². The van der Waals surface area contributed by atoms with Crippen LogP contribution in [0, 0.1) is 5.92 Å². The molecule has 7 nitrogen and oxygen atoms in total. The molecule has 23 heavy (non-hydrogen) atoms. The second kappa shape index (κ2) is 8.39. The monoisotopic (exact) mass is 332 g/mol. The molecule has 1 heterocycles. The fraction of sp³-hybridized carbons (Fsp3) is 0.938. The average Bonchev–Trinajstić information content (AvgIpc) is 2.56. The van der Waals surface area contributed by atoms with Gasteiger partial charge in [-0.15, -0.1) is 0 Å². The Bertz CT molecular complexity index is 389. The zero-order chi connectivity index (χ0) is 17.0. The van der Waals surface area contributed by atoms with Crippen molar-refractivity contribution in [2.75, 3.05) is 7.11 Å². The van der Waals surface area contributed by atoms with Crippen LogP contribution in [0.15, 0.2) is 0 Å². The topological polar surface area (TPSA) is 105 Å². The van der Waals surface area contributed by atoms with Crippen LogP contribution in [0.3, 0.4) is 0 Å². The maximum absolute atomic E-state index is 11.3. The van der Waals surface area contributed by atoms with Crippen molar-refractivity contribution < 1.29 is 34.3 Å². The Morgan fingerprint density at radius 2 is 1.83 bits per heavy atom. The molecule has 3 N–H and O–H groups in total. The number of aliphatic hydroxyl groups is 3. The number of carbonyl (C=O) groups is 1. The molecule has 1 saturated carbocycles. The van der Waals surface area contributed by atoms with Gasteiger partial charge in [0.05, 0.1) is 19.3 Å². The minimum atomic E-state index is -1.29. The molecule has 0 spiro atoms. The lowest BCUT2D eigenvalue weighted by Crippen LogP contribution is -2.58. The Morgan fingerprint density at radius 3 is 2.52 bits per heavy atom. The molecule has 1 aliphatic carbocycles. The predicted octanol–water partition coefficient (Wildman–Crippen LogP) is 0.342. The van der Waals surface area contributed by atoms with Gasteiger partial charge in [-0.2, -0.15) is 0 Å². The van der Waals surface area contributed by atoms with E-state index < -0.39 is 30.7 Å². The molecule has 134 valence electrons. The van der Waals surface area contributed by atoms with Crippen molar-refractivity contribution in [1.82, 2.24) is 0 Å². The maximum atomic E-state index is 11.3. The number of ether oxygens (including phenoxy) is 3. The van der Waals surface area contributed by atoms with Gasteiger partial charge in [-0.05, 0) is 32.1 Å². The van der Waals surface area contributed by atoms with Crippen LogP contribution in [0.5, 0.6) is 0 Å². The molecule has 7 heteroatoms. The fourth-order valence-electron chi connectivity index (χ4n) is 3.39. The summed E-state index contributed by atoms with van der Waals surface area (Å²) in [5.41, 5.74) is 0. The van der Waals surface area contributed by atoms with Crippen molar-refractivity contribution >= 4 is 5.97 Å². The summed E-state index contributed by atoms with van der Waals surface area (Å²) in [6, 6.07) is 0. The van der Waals surface area contributed by atoms with Gasteiger partial charge in [0.1, 0.15) is 18.3 Å². The molecule has 0 amide bonds. The van der Waals surface area contributed by atoms with Crippen LogP contribution in [-0.4, -0.2) is 65.2 Å². The van der Waals surface area contributed by atoms with Gasteiger partial charge in [-0.3, -0.25) is 4.79 Å². The van der Waals surface area contributed by atoms with E-state index in [-0.39, 0.29) is 18.0 Å². The maximum Gasteiger partial charge on any atom is 0.305 e. The molecular formula is C16H28O7. The van der Waals surface area contributed by atoms with E-state index >= 15 is 0 Å². The van der Waals surface area contributed by atoms with Crippen LogP contribution in [0.4, 0.5) is 0 Å². The highest BCUT2D eigenvalue weighted by Crippen LogP contribution is 2.33. The van der Waals surface area contributed by atoms with Crippen molar-refractivity contribution in [3.8, 4) is 0 Å². The zero-order valence-electron chi connectivity index (χ0n) is 13.8. The molecule has 0 aromatic carbocycles. The van der Waals surface area contributed by atoms with Crippen LogP contribution in [-0.2, 0) is 19.0 Å². The molecule has 0 aromatic rings. The normalized spacial score (nSPS) is 41.5. The molecule has 2 fully saturated rings. The lowest BCUT2D eigenvalue weighted by atomic mass is 9.83. The van der Waals surface area contributed by atoms with E-state index in [1.807, 2.05) is 0 Å². The summed E-state index contributed by atoms with van der Waals surface area (Å²) < 4.78 is 16.1. The Kier molecular flexibility index (Phi) is 6.79. The Labute approximate surface area is 136 Å². The highest BCUT2D eigenvalue weighted by molar-refractivity contribution is 5.69. The number of esters is 1. The summed E-state index contributed by atoms with van der Waals surface area (Å²) in [7, 11) is 1.37. The minimum Gasteiger partial charge on any atom is -0.469 e. The van der Waals surface area contributed by atoms with Crippen molar-refractivity contribution in [1.29, 1.82) is 0 Å². The van der Waals surface area contributed by atoms with E-state index in [1.54, 1.807) is 6.92 Å². The first-order valence-corrected chi connectivity index (χ1v) is 8.36. The molecule has 1 aliphatic heterocycles. The number of rotatable bonds is 5. The molecule has 0 bridgehead atoms. The molecule has 2 rings (SSSR count). The van der Waals surface area contributed by atoms with Crippen LogP contribution in [0.25, 0.3) is 0 Å². The highest BCUT2D eigenvalue weighted by Gasteiger charge is 2.44. The van der Waals surface area contributed by atoms with E-state index in [4.69, 9.17) is 9.47 Å². The first kappa shape index (κ1) is 18.6. The van der Waals surface area contributed by atoms with E-state index in [0.717, 1.165) is 25.7 Å². The first-order valence-electron chi connectivity index (χ1n) is 8.36.